The minimum atomic E-state index is -0.426. The van der Waals surface area contributed by atoms with Crippen LogP contribution in [0, 0.1) is 0 Å². The van der Waals surface area contributed by atoms with E-state index < -0.39 is 18.3 Å². The Bertz CT molecular complexity index is 1790. The summed E-state index contributed by atoms with van der Waals surface area (Å²) in [7, 11) is -0.426. The average molecular weight is 535 g/mol. The summed E-state index contributed by atoms with van der Waals surface area (Å²) in [5.41, 5.74) is 3.01. The van der Waals surface area contributed by atoms with Gasteiger partial charge in [-0.3, -0.25) is 0 Å². The third-order valence-corrected chi connectivity index (χ3v) is 8.39. The Kier molecular flexibility index (Phi) is 6.00. The number of fused-ring (bicyclic) bond motifs is 2. The maximum atomic E-state index is 6.27. The van der Waals surface area contributed by atoms with E-state index in [1.54, 1.807) is 0 Å². The molecule has 1 fully saturated rings. The molecule has 0 saturated carbocycles. The molecule has 41 heavy (non-hydrogen) atoms. The van der Waals surface area contributed by atoms with E-state index >= 15 is 0 Å². The topological polar surface area (TPSA) is 57.1 Å². The molecule has 1 aromatic heterocycles. The van der Waals surface area contributed by atoms with Crippen LogP contribution in [-0.4, -0.2) is 33.3 Å². The highest BCUT2D eigenvalue weighted by molar-refractivity contribution is 6.62. The molecule has 5 nitrogen and oxygen atoms in total. The third-order valence-electron chi connectivity index (χ3n) is 8.39. The van der Waals surface area contributed by atoms with E-state index in [1.165, 1.54) is 0 Å². The number of benzene rings is 5. The molecule has 0 N–H and O–H groups in total. The van der Waals surface area contributed by atoms with Gasteiger partial charge in [0.2, 0.25) is 0 Å². The Balaban J connectivity index is 1.37. The van der Waals surface area contributed by atoms with E-state index in [4.69, 9.17) is 24.3 Å². The highest BCUT2D eigenvalue weighted by atomic mass is 16.7. The highest BCUT2D eigenvalue weighted by Gasteiger charge is 2.51. The first kappa shape index (κ1) is 25.6. The lowest BCUT2D eigenvalue weighted by molar-refractivity contribution is 0.00578. The molecule has 0 spiro atoms. The highest BCUT2D eigenvalue weighted by Crippen LogP contribution is 2.37. The second-order valence-corrected chi connectivity index (χ2v) is 11.6. The molecule has 7 rings (SSSR count). The van der Waals surface area contributed by atoms with Crippen LogP contribution in [0.4, 0.5) is 0 Å². The second-order valence-electron chi connectivity index (χ2n) is 11.6. The van der Waals surface area contributed by atoms with Crippen molar-refractivity contribution < 1.29 is 9.31 Å². The first-order chi connectivity index (χ1) is 19.8. The van der Waals surface area contributed by atoms with Gasteiger partial charge in [0.05, 0.1) is 11.2 Å². The monoisotopic (exact) mass is 535 g/mol. The summed E-state index contributed by atoms with van der Waals surface area (Å²) < 4.78 is 12.5. The van der Waals surface area contributed by atoms with Gasteiger partial charge < -0.3 is 9.31 Å². The lowest BCUT2D eigenvalue weighted by atomic mass is 9.79. The molecule has 6 aromatic rings. The fourth-order valence-electron chi connectivity index (χ4n) is 5.36. The van der Waals surface area contributed by atoms with Gasteiger partial charge >= 0.3 is 7.12 Å². The molecule has 200 valence electrons. The first-order valence-corrected chi connectivity index (χ1v) is 14.0. The number of aromatic nitrogens is 3. The standard InChI is InChI=1S/C35H30BN3O2/c1-34(2)35(3,4)41-36(40-34)26-21-19-25(20-22-26)31-37-32(29-17-9-13-23-11-5-7-15-27(23)29)39-33(38-31)30-18-10-14-24-12-6-8-16-28(24)30/h5-22H,1-4H3. The molecule has 1 saturated heterocycles. The molecule has 0 bridgehead atoms. The molecular formula is C35H30BN3O2. The molecule has 1 aliphatic heterocycles. The van der Waals surface area contributed by atoms with Crippen LogP contribution in [0.1, 0.15) is 27.7 Å². The normalized spacial score (nSPS) is 16.0. The Morgan fingerprint density at radius 2 is 0.927 bits per heavy atom. The molecule has 2 heterocycles. The number of hydrogen-bond acceptors (Lipinski definition) is 5. The number of rotatable bonds is 4. The van der Waals surface area contributed by atoms with Gasteiger partial charge in [0.25, 0.3) is 0 Å². The predicted molar refractivity (Wildman–Crippen MR) is 167 cm³/mol. The van der Waals surface area contributed by atoms with E-state index in [0.717, 1.165) is 43.7 Å². The number of nitrogens with zero attached hydrogens (tertiary/aromatic N) is 3. The van der Waals surface area contributed by atoms with E-state index in [2.05, 4.69) is 88.4 Å². The number of hydrogen-bond donors (Lipinski definition) is 0. The van der Waals surface area contributed by atoms with Crippen molar-refractivity contribution in [2.45, 2.75) is 38.9 Å². The molecule has 6 heteroatoms. The van der Waals surface area contributed by atoms with Crippen LogP contribution in [0.3, 0.4) is 0 Å². The maximum absolute atomic E-state index is 6.27. The van der Waals surface area contributed by atoms with Gasteiger partial charge in [-0.25, -0.2) is 15.0 Å². The lowest BCUT2D eigenvalue weighted by Gasteiger charge is -2.32. The van der Waals surface area contributed by atoms with Gasteiger partial charge in [0.15, 0.2) is 17.5 Å². The predicted octanol–water partition coefficient (Wildman–Crippen LogP) is 7.48. The molecule has 0 aliphatic carbocycles. The Hall–Kier alpha value is -4.39. The van der Waals surface area contributed by atoms with Crippen molar-refractivity contribution in [1.82, 2.24) is 15.0 Å². The van der Waals surface area contributed by atoms with E-state index in [9.17, 15) is 0 Å². The van der Waals surface area contributed by atoms with Crippen molar-refractivity contribution in [3.8, 4) is 34.2 Å². The Morgan fingerprint density at radius 1 is 0.488 bits per heavy atom. The summed E-state index contributed by atoms with van der Waals surface area (Å²) in [6, 6.07) is 37.3. The minimum absolute atomic E-state index is 0.398. The van der Waals surface area contributed by atoms with Crippen LogP contribution >= 0.6 is 0 Å². The minimum Gasteiger partial charge on any atom is -0.399 e. The zero-order valence-electron chi connectivity index (χ0n) is 23.6. The van der Waals surface area contributed by atoms with Gasteiger partial charge in [-0.15, -0.1) is 0 Å². The summed E-state index contributed by atoms with van der Waals surface area (Å²) in [4.78, 5) is 15.1. The summed E-state index contributed by atoms with van der Waals surface area (Å²) in [6.07, 6.45) is 0. The second kappa shape index (κ2) is 9.62. The molecule has 1 aliphatic rings. The molecule has 0 amide bonds. The summed E-state index contributed by atoms with van der Waals surface area (Å²) in [5.74, 6) is 1.90. The van der Waals surface area contributed by atoms with Crippen LogP contribution in [0.5, 0.6) is 0 Å². The molecular weight excluding hydrogens is 505 g/mol. The quantitative estimate of drug-likeness (QED) is 0.219. The zero-order chi connectivity index (χ0) is 28.2. The van der Waals surface area contributed by atoms with Gasteiger partial charge in [-0.1, -0.05) is 109 Å². The van der Waals surface area contributed by atoms with Crippen LogP contribution in [0.25, 0.3) is 55.7 Å². The SMILES string of the molecule is CC1(C)OB(c2ccc(-c3nc(-c4cccc5ccccc45)nc(-c4cccc5ccccc45)n3)cc2)OC1(C)C. The maximum Gasteiger partial charge on any atom is 0.494 e. The first-order valence-electron chi connectivity index (χ1n) is 14.0. The van der Waals surface area contributed by atoms with Crippen LogP contribution in [0.2, 0.25) is 0 Å². The van der Waals surface area contributed by atoms with E-state index in [-0.39, 0.29) is 0 Å². The van der Waals surface area contributed by atoms with E-state index in [0.29, 0.717) is 17.5 Å². The fourth-order valence-corrected chi connectivity index (χ4v) is 5.36. The van der Waals surface area contributed by atoms with Crippen molar-refractivity contribution in [1.29, 1.82) is 0 Å². The summed E-state index contributed by atoms with van der Waals surface area (Å²) in [6.45, 7) is 8.26. The van der Waals surface area contributed by atoms with Crippen molar-refractivity contribution in [3.63, 3.8) is 0 Å². The molecule has 5 aromatic carbocycles. The Morgan fingerprint density at radius 3 is 1.44 bits per heavy atom. The van der Waals surface area contributed by atoms with Crippen LogP contribution < -0.4 is 5.46 Å². The molecule has 0 unspecified atom stereocenters. The smallest absolute Gasteiger partial charge is 0.399 e. The van der Waals surface area contributed by atoms with Crippen molar-refractivity contribution in [2.24, 2.45) is 0 Å². The van der Waals surface area contributed by atoms with Gasteiger partial charge in [0, 0.05) is 16.7 Å². The third kappa shape index (κ3) is 4.50. The van der Waals surface area contributed by atoms with Gasteiger partial charge in [-0.2, -0.15) is 0 Å². The van der Waals surface area contributed by atoms with Crippen molar-refractivity contribution in [3.05, 3.63) is 109 Å². The summed E-state index contributed by atoms with van der Waals surface area (Å²) in [5, 5.41) is 4.50. The zero-order valence-corrected chi connectivity index (χ0v) is 23.6. The van der Waals surface area contributed by atoms with Crippen molar-refractivity contribution in [2.75, 3.05) is 0 Å². The lowest BCUT2D eigenvalue weighted by Crippen LogP contribution is -2.41. The average Bonchev–Trinajstić information content (AvgIpc) is 3.22. The van der Waals surface area contributed by atoms with Crippen LogP contribution in [0.15, 0.2) is 109 Å². The Labute approximate surface area is 240 Å². The fraction of sp³-hybridized carbons (Fsp3) is 0.171. The van der Waals surface area contributed by atoms with Gasteiger partial charge in [0.1, 0.15) is 0 Å². The molecule has 0 radical (unpaired) electrons. The van der Waals surface area contributed by atoms with Gasteiger partial charge in [-0.05, 0) is 54.7 Å². The summed E-state index contributed by atoms with van der Waals surface area (Å²) >= 11 is 0. The molecule has 0 atom stereocenters. The van der Waals surface area contributed by atoms with E-state index in [1.807, 2.05) is 48.5 Å². The largest absolute Gasteiger partial charge is 0.494 e. The van der Waals surface area contributed by atoms with Crippen molar-refractivity contribution >= 4 is 34.1 Å². The van der Waals surface area contributed by atoms with Crippen LogP contribution in [-0.2, 0) is 9.31 Å².